The number of hydrogen-bond acceptors (Lipinski definition) is 3. The molecule has 0 radical (unpaired) electrons. The zero-order valence-corrected chi connectivity index (χ0v) is 10.4. The Morgan fingerprint density at radius 2 is 2.13 bits per heavy atom. The molecule has 0 amide bonds. The smallest absolute Gasteiger partial charge is 0.0623 e. The molecule has 3 unspecified atom stereocenters. The first-order valence-corrected chi connectivity index (χ1v) is 6.32. The monoisotopic (exact) mass is 214 g/mol. The lowest BCUT2D eigenvalue weighted by atomic mass is 10.0. The maximum absolute atomic E-state index is 5.53. The molecule has 3 heteroatoms. The third kappa shape index (κ3) is 4.49. The molecule has 0 aromatic carbocycles. The molecule has 0 aromatic rings. The second-order valence-electron chi connectivity index (χ2n) is 4.58. The Labute approximate surface area is 94.0 Å². The average Bonchev–Trinajstić information content (AvgIpc) is 2.70. The van der Waals surface area contributed by atoms with Crippen molar-refractivity contribution in [2.45, 2.75) is 45.7 Å². The molecule has 0 aliphatic carbocycles. The van der Waals surface area contributed by atoms with Crippen LogP contribution in [0.5, 0.6) is 0 Å². The molecule has 90 valence electrons. The quantitative estimate of drug-likeness (QED) is 0.672. The minimum atomic E-state index is 0.557. The lowest BCUT2D eigenvalue weighted by molar-refractivity contribution is 0.181. The third-order valence-electron chi connectivity index (χ3n) is 3.20. The lowest BCUT2D eigenvalue weighted by Gasteiger charge is -2.21. The van der Waals surface area contributed by atoms with Crippen molar-refractivity contribution >= 4 is 0 Å². The molecule has 1 rings (SSSR count). The Balaban J connectivity index is 2.20. The highest BCUT2D eigenvalue weighted by atomic mass is 16.5. The number of nitrogens with one attached hydrogen (secondary N) is 2. The second-order valence-corrected chi connectivity index (χ2v) is 4.58. The molecule has 0 spiro atoms. The van der Waals surface area contributed by atoms with E-state index in [0.717, 1.165) is 26.3 Å². The van der Waals surface area contributed by atoms with Gasteiger partial charge >= 0.3 is 0 Å². The van der Waals surface area contributed by atoms with E-state index in [9.17, 15) is 0 Å². The van der Waals surface area contributed by atoms with Crippen molar-refractivity contribution in [3.63, 3.8) is 0 Å². The van der Waals surface area contributed by atoms with Crippen molar-refractivity contribution in [1.82, 2.24) is 10.6 Å². The molecule has 1 heterocycles. The van der Waals surface area contributed by atoms with E-state index >= 15 is 0 Å². The highest BCUT2D eigenvalue weighted by Gasteiger charge is 2.27. The maximum Gasteiger partial charge on any atom is 0.0623 e. The molecule has 1 aliphatic heterocycles. The Bertz CT molecular complexity index is 164. The first-order valence-electron chi connectivity index (χ1n) is 6.32. The minimum Gasteiger partial charge on any atom is -0.379 e. The van der Waals surface area contributed by atoms with Crippen LogP contribution < -0.4 is 10.6 Å². The van der Waals surface area contributed by atoms with Crippen molar-refractivity contribution in [2.75, 3.05) is 26.3 Å². The van der Waals surface area contributed by atoms with Crippen LogP contribution in [0.1, 0.15) is 33.6 Å². The zero-order chi connectivity index (χ0) is 11.1. The van der Waals surface area contributed by atoms with Gasteiger partial charge in [0.15, 0.2) is 0 Å². The van der Waals surface area contributed by atoms with Gasteiger partial charge in [-0.05, 0) is 26.3 Å². The highest BCUT2D eigenvalue weighted by molar-refractivity contribution is 4.83. The molecule has 1 saturated heterocycles. The fraction of sp³-hybridized carbons (Fsp3) is 1.00. The Kier molecular flexibility index (Phi) is 6.22. The summed E-state index contributed by atoms with van der Waals surface area (Å²) in [6.45, 7) is 10.6. The maximum atomic E-state index is 5.53. The van der Waals surface area contributed by atoms with Gasteiger partial charge in [0, 0.05) is 24.5 Å². The van der Waals surface area contributed by atoms with Gasteiger partial charge in [-0.25, -0.2) is 0 Å². The average molecular weight is 214 g/mol. The number of ether oxygens (including phenoxy) is 1. The largest absolute Gasteiger partial charge is 0.379 e. The van der Waals surface area contributed by atoms with Crippen LogP contribution in [-0.2, 0) is 4.74 Å². The molecule has 2 N–H and O–H groups in total. The molecular weight excluding hydrogens is 188 g/mol. The van der Waals surface area contributed by atoms with E-state index in [1.165, 1.54) is 12.8 Å². The van der Waals surface area contributed by atoms with E-state index in [1.807, 2.05) is 0 Å². The number of hydrogen-bond donors (Lipinski definition) is 2. The van der Waals surface area contributed by atoms with E-state index < -0.39 is 0 Å². The molecule has 0 bridgehead atoms. The third-order valence-corrected chi connectivity index (χ3v) is 3.20. The predicted molar refractivity (Wildman–Crippen MR) is 64.1 cm³/mol. The van der Waals surface area contributed by atoms with Crippen molar-refractivity contribution < 1.29 is 4.74 Å². The summed E-state index contributed by atoms with van der Waals surface area (Å²) in [4.78, 5) is 0. The fourth-order valence-electron chi connectivity index (χ4n) is 1.85. The summed E-state index contributed by atoms with van der Waals surface area (Å²) in [7, 11) is 0. The molecule has 15 heavy (non-hydrogen) atoms. The standard InChI is InChI=1S/C12H26N2O/c1-4-6-13-12-9-15-8-11(12)7-14-10(3)5-2/h10-14H,4-9H2,1-3H3. The van der Waals surface area contributed by atoms with Crippen molar-refractivity contribution in [3.8, 4) is 0 Å². The van der Waals surface area contributed by atoms with Gasteiger partial charge < -0.3 is 15.4 Å². The molecule has 3 atom stereocenters. The summed E-state index contributed by atoms with van der Waals surface area (Å²) in [5, 5.41) is 7.12. The number of rotatable bonds is 7. The van der Waals surface area contributed by atoms with E-state index in [4.69, 9.17) is 4.74 Å². The van der Waals surface area contributed by atoms with Crippen LogP contribution in [0.25, 0.3) is 0 Å². The summed E-state index contributed by atoms with van der Waals surface area (Å²) in [6, 6.07) is 1.18. The van der Waals surface area contributed by atoms with Crippen LogP contribution >= 0.6 is 0 Å². The van der Waals surface area contributed by atoms with Crippen molar-refractivity contribution in [3.05, 3.63) is 0 Å². The second kappa shape index (κ2) is 7.20. The zero-order valence-electron chi connectivity index (χ0n) is 10.4. The van der Waals surface area contributed by atoms with Gasteiger partial charge in [-0.15, -0.1) is 0 Å². The van der Waals surface area contributed by atoms with Gasteiger partial charge in [0.25, 0.3) is 0 Å². The van der Waals surface area contributed by atoms with E-state index in [0.29, 0.717) is 18.0 Å². The minimum absolute atomic E-state index is 0.557. The summed E-state index contributed by atoms with van der Waals surface area (Å²) < 4.78 is 5.53. The van der Waals surface area contributed by atoms with Gasteiger partial charge in [0.05, 0.1) is 13.2 Å². The molecule has 1 aliphatic rings. The summed E-state index contributed by atoms with van der Waals surface area (Å²) >= 11 is 0. The Morgan fingerprint density at radius 3 is 2.80 bits per heavy atom. The van der Waals surface area contributed by atoms with Crippen LogP contribution in [0.2, 0.25) is 0 Å². The van der Waals surface area contributed by atoms with Gasteiger partial charge in [-0.1, -0.05) is 13.8 Å². The fourth-order valence-corrected chi connectivity index (χ4v) is 1.85. The predicted octanol–water partition coefficient (Wildman–Crippen LogP) is 1.39. The first kappa shape index (κ1) is 12.9. The van der Waals surface area contributed by atoms with Gasteiger partial charge in [-0.2, -0.15) is 0 Å². The van der Waals surface area contributed by atoms with Crippen LogP contribution in [0, 0.1) is 5.92 Å². The van der Waals surface area contributed by atoms with Crippen LogP contribution in [0.15, 0.2) is 0 Å². The molecule has 0 saturated carbocycles. The van der Waals surface area contributed by atoms with Crippen molar-refractivity contribution in [2.24, 2.45) is 5.92 Å². The summed E-state index contributed by atoms with van der Waals surface area (Å²) in [6.07, 6.45) is 2.39. The molecular formula is C12H26N2O. The Morgan fingerprint density at radius 1 is 1.33 bits per heavy atom. The molecule has 3 nitrogen and oxygen atoms in total. The van der Waals surface area contributed by atoms with Crippen LogP contribution in [-0.4, -0.2) is 38.4 Å². The van der Waals surface area contributed by atoms with Gasteiger partial charge in [0.2, 0.25) is 0 Å². The molecule has 1 fully saturated rings. The van der Waals surface area contributed by atoms with Gasteiger partial charge in [0.1, 0.15) is 0 Å². The van der Waals surface area contributed by atoms with Gasteiger partial charge in [-0.3, -0.25) is 0 Å². The first-order chi connectivity index (χ1) is 7.27. The summed E-state index contributed by atoms with van der Waals surface area (Å²) in [5.41, 5.74) is 0. The van der Waals surface area contributed by atoms with Crippen LogP contribution in [0.4, 0.5) is 0 Å². The normalized spacial score (nSPS) is 28.2. The van der Waals surface area contributed by atoms with Crippen molar-refractivity contribution in [1.29, 1.82) is 0 Å². The van der Waals surface area contributed by atoms with Crippen LogP contribution in [0.3, 0.4) is 0 Å². The van der Waals surface area contributed by atoms with E-state index in [-0.39, 0.29) is 0 Å². The Hall–Kier alpha value is -0.120. The highest BCUT2D eigenvalue weighted by Crippen LogP contribution is 2.13. The SMILES string of the molecule is CCCNC1COCC1CNC(C)CC. The summed E-state index contributed by atoms with van der Waals surface area (Å²) in [5.74, 6) is 0.644. The van der Waals surface area contributed by atoms with E-state index in [1.54, 1.807) is 0 Å². The van der Waals surface area contributed by atoms with E-state index in [2.05, 4.69) is 31.4 Å². The molecule has 0 aromatic heterocycles. The lowest BCUT2D eigenvalue weighted by Crippen LogP contribution is -2.42. The topological polar surface area (TPSA) is 33.3 Å².